The van der Waals surface area contributed by atoms with Crippen LogP contribution in [0.25, 0.3) is 0 Å². The van der Waals surface area contributed by atoms with E-state index in [1.807, 2.05) is 6.07 Å². The summed E-state index contributed by atoms with van der Waals surface area (Å²) in [4.78, 5) is 17.1. The van der Waals surface area contributed by atoms with E-state index in [0.717, 1.165) is 0 Å². The Hall–Kier alpha value is -1.50. The fourth-order valence-electron chi connectivity index (χ4n) is 1.79. The van der Waals surface area contributed by atoms with Crippen LogP contribution in [-0.2, 0) is 14.8 Å². The molecule has 2 heterocycles. The maximum absolute atomic E-state index is 11.8. The first-order valence-electron chi connectivity index (χ1n) is 5.20. The van der Waals surface area contributed by atoms with Crippen LogP contribution in [0.1, 0.15) is 12.0 Å². The number of halogens is 1. The van der Waals surface area contributed by atoms with Crippen LogP contribution in [0.3, 0.4) is 0 Å². The van der Waals surface area contributed by atoms with Gasteiger partial charge < -0.3 is 0 Å². The molecule has 1 unspecified atom stereocenters. The van der Waals surface area contributed by atoms with E-state index in [2.05, 4.69) is 20.9 Å². The van der Waals surface area contributed by atoms with E-state index in [4.69, 9.17) is 10.4 Å². The molecular formula is C10H9BrN4O3S. The first kappa shape index (κ1) is 13.9. The van der Waals surface area contributed by atoms with E-state index < -0.39 is 15.3 Å². The molecule has 7 nitrogen and oxygen atoms in total. The predicted molar refractivity (Wildman–Crippen MR) is 70.5 cm³/mol. The summed E-state index contributed by atoms with van der Waals surface area (Å²) in [5.41, 5.74) is 0.338. The summed E-state index contributed by atoms with van der Waals surface area (Å²) in [6, 6.07) is 3.43. The van der Waals surface area contributed by atoms with Crippen LogP contribution in [0.2, 0.25) is 0 Å². The Kier molecular flexibility index (Phi) is 3.58. The highest BCUT2D eigenvalue weighted by Crippen LogP contribution is 2.29. The van der Waals surface area contributed by atoms with Crippen molar-refractivity contribution in [3.63, 3.8) is 0 Å². The normalized spacial score (nSPS) is 19.5. The van der Waals surface area contributed by atoms with Crippen LogP contribution in [-0.4, -0.2) is 31.1 Å². The average molecular weight is 345 g/mol. The number of nitriles is 1. The number of anilines is 1. The van der Waals surface area contributed by atoms with Crippen molar-refractivity contribution < 1.29 is 13.2 Å². The highest BCUT2D eigenvalue weighted by Gasteiger charge is 2.38. The molecule has 2 N–H and O–H groups in total. The molecule has 0 radical (unpaired) electrons. The van der Waals surface area contributed by atoms with E-state index in [0.29, 0.717) is 10.0 Å². The van der Waals surface area contributed by atoms with Gasteiger partial charge in [-0.2, -0.15) is 5.26 Å². The molecule has 0 saturated carbocycles. The first-order valence-corrected chi connectivity index (χ1v) is 7.61. The predicted octanol–water partition coefficient (Wildman–Crippen LogP) is 0.110. The third-order valence-corrected chi connectivity index (χ3v) is 4.59. The standard InChI is InChI=1S/C10H9BrN4O3S/c11-8-1-6(3-12)4-14-10(8)15-5-7(2-9(15)16)19(13,17)18/h1,4,7H,2,5H2,(H2,13,17,18). The Balaban J connectivity index is 2.34. The van der Waals surface area contributed by atoms with Gasteiger partial charge in [-0.05, 0) is 22.0 Å². The molecule has 1 aromatic heterocycles. The van der Waals surface area contributed by atoms with Gasteiger partial charge in [-0.25, -0.2) is 18.5 Å². The number of rotatable bonds is 2. The van der Waals surface area contributed by atoms with E-state index in [1.165, 1.54) is 17.2 Å². The van der Waals surface area contributed by atoms with Crippen molar-refractivity contribution in [2.24, 2.45) is 5.14 Å². The van der Waals surface area contributed by atoms with Crippen molar-refractivity contribution in [2.45, 2.75) is 11.7 Å². The van der Waals surface area contributed by atoms with E-state index in [9.17, 15) is 13.2 Å². The minimum Gasteiger partial charge on any atom is -0.294 e. The highest BCUT2D eigenvalue weighted by molar-refractivity contribution is 9.10. The molecule has 0 aromatic carbocycles. The Morgan fingerprint density at radius 2 is 2.26 bits per heavy atom. The number of sulfonamides is 1. The van der Waals surface area contributed by atoms with Crippen LogP contribution in [0.4, 0.5) is 5.82 Å². The summed E-state index contributed by atoms with van der Waals surface area (Å²) < 4.78 is 23.0. The van der Waals surface area contributed by atoms with Gasteiger partial charge in [0, 0.05) is 19.2 Å². The molecule has 1 aromatic rings. The lowest BCUT2D eigenvalue weighted by molar-refractivity contribution is -0.117. The second-order valence-corrected chi connectivity index (χ2v) is 6.76. The quantitative estimate of drug-likeness (QED) is 0.816. The van der Waals surface area contributed by atoms with Crippen molar-refractivity contribution >= 4 is 37.7 Å². The summed E-state index contributed by atoms with van der Waals surface area (Å²) in [5, 5.41) is 12.9. The van der Waals surface area contributed by atoms with Crippen LogP contribution < -0.4 is 10.0 Å². The molecule has 0 spiro atoms. The first-order chi connectivity index (χ1) is 8.82. The summed E-state index contributed by atoms with van der Waals surface area (Å²) >= 11 is 3.21. The fraction of sp³-hybridized carbons (Fsp3) is 0.300. The minimum absolute atomic E-state index is 0.0326. The molecule has 19 heavy (non-hydrogen) atoms. The summed E-state index contributed by atoms with van der Waals surface area (Å²) in [6.07, 6.45) is 1.16. The zero-order valence-electron chi connectivity index (χ0n) is 9.58. The van der Waals surface area contributed by atoms with Gasteiger partial charge >= 0.3 is 0 Å². The molecule has 1 saturated heterocycles. The molecule has 1 amide bonds. The van der Waals surface area contributed by atoms with Gasteiger partial charge in [0.1, 0.15) is 17.1 Å². The lowest BCUT2D eigenvalue weighted by Gasteiger charge is -2.16. The Bertz CT molecular complexity index is 683. The number of nitrogens with two attached hydrogens (primary N) is 1. The lowest BCUT2D eigenvalue weighted by Crippen LogP contribution is -2.32. The smallest absolute Gasteiger partial charge is 0.229 e. The van der Waals surface area contributed by atoms with Gasteiger partial charge in [0.25, 0.3) is 0 Å². The summed E-state index contributed by atoms with van der Waals surface area (Å²) in [6.45, 7) is -0.0326. The average Bonchev–Trinajstić information content (AvgIpc) is 2.71. The van der Waals surface area contributed by atoms with E-state index in [1.54, 1.807) is 0 Å². The van der Waals surface area contributed by atoms with Gasteiger partial charge in [0.2, 0.25) is 15.9 Å². The molecule has 2 rings (SSSR count). The minimum atomic E-state index is -3.76. The molecule has 9 heteroatoms. The Morgan fingerprint density at radius 3 is 2.74 bits per heavy atom. The topological polar surface area (TPSA) is 117 Å². The third kappa shape index (κ3) is 2.75. The molecule has 100 valence electrons. The highest BCUT2D eigenvalue weighted by atomic mass is 79.9. The zero-order valence-corrected chi connectivity index (χ0v) is 12.0. The molecule has 1 fully saturated rings. The molecule has 1 aliphatic rings. The number of pyridine rings is 1. The van der Waals surface area contributed by atoms with E-state index in [-0.39, 0.29) is 24.7 Å². The lowest BCUT2D eigenvalue weighted by atomic mass is 10.3. The number of carbonyl (C=O) groups excluding carboxylic acids is 1. The van der Waals surface area contributed by atoms with Gasteiger partial charge in [0.05, 0.1) is 10.0 Å². The molecular weight excluding hydrogens is 336 g/mol. The van der Waals surface area contributed by atoms with Crippen LogP contribution in [0.5, 0.6) is 0 Å². The number of hydrogen-bond acceptors (Lipinski definition) is 5. The van der Waals surface area contributed by atoms with Crippen molar-refractivity contribution in [3.8, 4) is 6.07 Å². The number of aromatic nitrogens is 1. The maximum Gasteiger partial charge on any atom is 0.229 e. The molecule has 1 atom stereocenters. The largest absolute Gasteiger partial charge is 0.294 e. The summed E-state index contributed by atoms with van der Waals surface area (Å²) in [7, 11) is -3.76. The van der Waals surface area contributed by atoms with Gasteiger partial charge in [-0.1, -0.05) is 0 Å². The number of primary sulfonamides is 1. The number of carbonyl (C=O) groups is 1. The van der Waals surface area contributed by atoms with Gasteiger partial charge in [0.15, 0.2) is 0 Å². The van der Waals surface area contributed by atoms with Crippen molar-refractivity contribution in [2.75, 3.05) is 11.4 Å². The zero-order chi connectivity index (χ0) is 14.2. The van der Waals surface area contributed by atoms with Crippen molar-refractivity contribution in [3.05, 3.63) is 22.3 Å². The molecule has 1 aliphatic heterocycles. The van der Waals surface area contributed by atoms with Crippen molar-refractivity contribution in [1.82, 2.24) is 4.98 Å². The summed E-state index contributed by atoms with van der Waals surface area (Å²) in [5.74, 6) is -0.0768. The Labute approximate surface area is 118 Å². The van der Waals surface area contributed by atoms with Crippen LogP contribution in [0.15, 0.2) is 16.7 Å². The van der Waals surface area contributed by atoms with Gasteiger partial charge in [-0.15, -0.1) is 0 Å². The van der Waals surface area contributed by atoms with Crippen LogP contribution in [0, 0.1) is 11.3 Å². The van der Waals surface area contributed by atoms with Crippen LogP contribution >= 0.6 is 15.9 Å². The number of nitrogens with zero attached hydrogens (tertiary/aromatic N) is 3. The van der Waals surface area contributed by atoms with E-state index >= 15 is 0 Å². The maximum atomic E-state index is 11.8. The third-order valence-electron chi connectivity index (χ3n) is 2.76. The number of amides is 1. The molecule has 0 aliphatic carbocycles. The number of hydrogen-bond donors (Lipinski definition) is 1. The Morgan fingerprint density at radius 1 is 1.58 bits per heavy atom. The van der Waals surface area contributed by atoms with Gasteiger partial charge in [-0.3, -0.25) is 9.69 Å². The second-order valence-electron chi connectivity index (χ2n) is 4.06. The monoisotopic (exact) mass is 344 g/mol. The second kappa shape index (κ2) is 4.88. The fourth-order valence-corrected chi connectivity index (χ4v) is 3.08. The molecule has 0 bridgehead atoms. The SMILES string of the molecule is N#Cc1cnc(N2CC(S(N)(=O)=O)CC2=O)c(Br)c1. The van der Waals surface area contributed by atoms with Crippen molar-refractivity contribution in [1.29, 1.82) is 5.26 Å².